The van der Waals surface area contributed by atoms with Gasteiger partial charge in [-0.1, -0.05) is 6.92 Å². The van der Waals surface area contributed by atoms with Gasteiger partial charge in [-0.2, -0.15) is 0 Å². The van der Waals surface area contributed by atoms with Crippen LogP contribution in [0.25, 0.3) is 16.9 Å². The second-order valence-corrected chi connectivity index (χ2v) is 7.54. The van der Waals surface area contributed by atoms with Crippen molar-refractivity contribution >= 4 is 17.5 Å². The topological polar surface area (TPSA) is 79.6 Å². The summed E-state index contributed by atoms with van der Waals surface area (Å²) >= 11 is 0. The number of rotatable bonds is 5. The Morgan fingerprint density at radius 1 is 1.21 bits per heavy atom. The average molecular weight is 391 g/mol. The molecule has 1 aliphatic rings. The van der Waals surface area contributed by atoms with Crippen molar-refractivity contribution in [3.05, 3.63) is 54.6 Å². The lowest BCUT2D eigenvalue weighted by atomic mass is 10.1. The molecular formula is C22H25N5O2. The van der Waals surface area contributed by atoms with Gasteiger partial charge in [-0.3, -0.25) is 14.6 Å². The Kier molecular flexibility index (Phi) is 5.29. The third kappa shape index (κ3) is 3.99. The molecule has 3 heterocycles. The zero-order valence-electron chi connectivity index (χ0n) is 16.7. The summed E-state index contributed by atoms with van der Waals surface area (Å²) in [6.07, 6.45) is 10.3. The maximum Gasteiger partial charge on any atom is 0.255 e. The van der Waals surface area contributed by atoms with Gasteiger partial charge in [-0.05, 0) is 43.5 Å². The first-order valence-corrected chi connectivity index (χ1v) is 10.0. The molecule has 1 fully saturated rings. The molecule has 0 aliphatic heterocycles. The predicted molar refractivity (Wildman–Crippen MR) is 110 cm³/mol. The normalized spacial score (nSPS) is 18.7. The predicted octanol–water partition coefficient (Wildman–Crippen LogP) is 2.92. The highest BCUT2D eigenvalue weighted by atomic mass is 16.2. The SMILES string of the molecule is CCC(=O)NC1CC[C@H](N(C)C(=O)c2ccc(-c3ccc4nccn4c3)nc2)C1. The van der Waals surface area contributed by atoms with E-state index in [9.17, 15) is 9.59 Å². The van der Waals surface area contributed by atoms with Gasteiger partial charge in [0.15, 0.2) is 0 Å². The molecule has 1 aliphatic carbocycles. The van der Waals surface area contributed by atoms with Crippen LogP contribution in [-0.4, -0.2) is 50.2 Å². The number of nitrogens with zero attached hydrogens (tertiary/aromatic N) is 4. The number of aromatic nitrogens is 3. The molecule has 0 bridgehead atoms. The minimum Gasteiger partial charge on any atom is -0.353 e. The smallest absolute Gasteiger partial charge is 0.255 e. The molecule has 150 valence electrons. The van der Waals surface area contributed by atoms with Crippen LogP contribution in [0, 0.1) is 0 Å². The Labute approximate surface area is 169 Å². The van der Waals surface area contributed by atoms with Crippen LogP contribution in [0.3, 0.4) is 0 Å². The molecular weight excluding hydrogens is 366 g/mol. The van der Waals surface area contributed by atoms with Gasteiger partial charge in [-0.15, -0.1) is 0 Å². The van der Waals surface area contributed by atoms with Crippen molar-refractivity contribution in [2.75, 3.05) is 7.05 Å². The van der Waals surface area contributed by atoms with E-state index in [2.05, 4.69) is 15.3 Å². The van der Waals surface area contributed by atoms with Crippen LogP contribution in [0.15, 0.2) is 49.1 Å². The monoisotopic (exact) mass is 391 g/mol. The first-order valence-electron chi connectivity index (χ1n) is 10.0. The van der Waals surface area contributed by atoms with Crippen molar-refractivity contribution in [3.8, 4) is 11.3 Å². The van der Waals surface area contributed by atoms with Crippen LogP contribution >= 0.6 is 0 Å². The van der Waals surface area contributed by atoms with E-state index >= 15 is 0 Å². The number of imidazole rings is 1. The van der Waals surface area contributed by atoms with E-state index < -0.39 is 0 Å². The van der Waals surface area contributed by atoms with E-state index in [1.54, 1.807) is 17.3 Å². The zero-order chi connectivity index (χ0) is 20.4. The fourth-order valence-corrected chi connectivity index (χ4v) is 3.90. The highest BCUT2D eigenvalue weighted by molar-refractivity contribution is 5.94. The Balaban J connectivity index is 1.43. The molecule has 2 amide bonds. The number of nitrogens with one attached hydrogen (secondary N) is 1. The van der Waals surface area contributed by atoms with Gasteiger partial charge < -0.3 is 14.6 Å². The van der Waals surface area contributed by atoms with Gasteiger partial charge >= 0.3 is 0 Å². The Morgan fingerprint density at radius 2 is 2.07 bits per heavy atom. The molecule has 0 saturated heterocycles. The highest BCUT2D eigenvalue weighted by Gasteiger charge is 2.31. The summed E-state index contributed by atoms with van der Waals surface area (Å²) in [5.74, 6) is 0.0277. The second kappa shape index (κ2) is 8.03. The van der Waals surface area contributed by atoms with E-state index in [0.717, 1.165) is 36.2 Å². The number of carbonyl (C=O) groups is 2. The first kappa shape index (κ1) is 19.1. The summed E-state index contributed by atoms with van der Waals surface area (Å²) in [4.78, 5) is 35.0. The number of hydrogen-bond acceptors (Lipinski definition) is 4. The number of amides is 2. The summed E-state index contributed by atoms with van der Waals surface area (Å²) in [7, 11) is 1.83. The lowest BCUT2D eigenvalue weighted by molar-refractivity contribution is -0.121. The van der Waals surface area contributed by atoms with Gasteiger partial charge in [0.25, 0.3) is 5.91 Å². The molecule has 3 aromatic heterocycles. The van der Waals surface area contributed by atoms with Gasteiger partial charge in [0, 0.05) is 55.9 Å². The molecule has 1 unspecified atom stereocenters. The summed E-state index contributed by atoms with van der Waals surface area (Å²) in [6, 6.07) is 7.90. The molecule has 7 heteroatoms. The molecule has 0 radical (unpaired) electrons. The molecule has 1 saturated carbocycles. The standard InChI is InChI=1S/C22H25N5O2/c1-3-21(28)25-17-6-7-18(12-17)26(2)22(29)15-4-8-19(24-13-15)16-5-9-20-23-10-11-27(20)14-16/h4-5,8-11,13-14,17-18H,3,6-7,12H2,1-2H3,(H,25,28)/t17?,18-/m0/s1. The van der Waals surface area contributed by atoms with Crippen LogP contribution in [0.4, 0.5) is 0 Å². The molecule has 29 heavy (non-hydrogen) atoms. The Hall–Kier alpha value is -3.22. The van der Waals surface area contributed by atoms with Crippen molar-refractivity contribution in [3.63, 3.8) is 0 Å². The van der Waals surface area contributed by atoms with E-state index in [0.29, 0.717) is 12.0 Å². The van der Waals surface area contributed by atoms with Crippen LogP contribution in [0.2, 0.25) is 0 Å². The third-order valence-corrected chi connectivity index (χ3v) is 5.65. The van der Waals surface area contributed by atoms with Crippen LogP contribution < -0.4 is 5.32 Å². The van der Waals surface area contributed by atoms with Gasteiger partial charge in [0.2, 0.25) is 5.91 Å². The molecule has 0 aromatic carbocycles. The largest absolute Gasteiger partial charge is 0.353 e. The average Bonchev–Trinajstić information content (AvgIpc) is 3.41. The fourth-order valence-electron chi connectivity index (χ4n) is 3.90. The highest BCUT2D eigenvalue weighted by Crippen LogP contribution is 2.25. The minimum absolute atomic E-state index is 0.0402. The van der Waals surface area contributed by atoms with Crippen LogP contribution in [0.1, 0.15) is 43.0 Å². The van der Waals surface area contributed by atoms with E-state index in [1.165, 1.54) is 0 Å². The summed E-state index contributed by atoms with van der Waals surface area (Å²) < 4.78 is 1.94. The molecule has 3 aromatic rings. The van der Waals surface area contributed by atoms with Gasteiger partial charge in [0.1, 0.15) is 5.65 Å². The van der Waals surface area contributed by atoms with Crippen molar-refractivity contribution in [2.45, 2.75) is 44.7 Å². The van der Waals surface area contributed by atoms with Crippen LogP contribution in [0.5, 0.6) is 0 Å². The first-order chi connectivity index (χ1) is 14.0. The fraction of sp³-hybridized carbons (Fsp3) is 0.364. The number of fused-ring (bicyclic) bond motifs is 1. The molecule has 0 spiro atoms. The number of hydrogen-bond donors (Lipinski definition) is 1. The van der Waals surface area contributed by atoms with Crippen molar-refractivity contribution < 1.29 is 9.59 Å². The van der Waals surface area contributed by atoms with Crippen molar-refractivity contribution in [2.24, 2.45) is 0 Å². The maximum atomic E-state index is 12.9. The molecule has 7 nitrogen and oxygen atoms in total. The van der Waals surface area contributed by atoms with E-state index in [4.69, 9.17) is 0 Å². The maximum absolute atomic E-state index is 12.9. The summed E-state index contributed by atoms with van der Waals surface area (Å²) in [6.45, 7) is 1.85. The molecule has 4 rings (SSSR count). The minimum atomic E-state index is -0.0402. The van der Waals surface area contributed by atoms with E-state index in [-0.39, 0.29) is 23.9 Å². The zero-order valence-corrected chi connectivity index (χ0v) is 16.7. The third-order valence-electron chi connectivity index (χ3n) is 5.65. The van der Waals surface area contributed by atoms with Crippen molar-refractivity contribution in [1.82, 2.24) is 24.6 Å². The quantitative estimate of drug-likeness (QED) is 0.725. The number of pyridine rings is 2. The Morgan fingerprint density at radius 3 is 2.83 bits per heavy atom. The lowest BCUT2D eigenvalue weighted by Gasteiger charge is -2.25. The summed E-state index contributed by atoms with van der Waals surface area (Å²) in [5.41, 5.74) is 3.23. The van der Waals surface area contributed by atoms with Gasteiger partial charge in [-0.25, -0.2) is 4.98 Å². The molecule has 1 N–H and O–H groups in total. The molecule has 2 atom stereocenters. The lowest BCUT2D eigenvalue weighted by Crippen LogP contribution is -2.38. The van der Waals surface area contributed by atoms with Crippen molar-refractivity contribution in [1.29, 1.82) is 0 Å². The second-order valence-electron chi connectivity index (χ2n) is 7.54. The van der Waals surface area contributed by atoms with E-state index in [1.807, 2.05) is 55.0 Å². The Bertz CT molecular complexity index is 1030. The number of carbonyl (C=O) groups excluding carboxylic acids is 2. The van der Waals surface area contributed by atoms with Crippen LogP contribution in [-0.2, 0) is 4.79 Å². The van der Waals surface area contributed by atoms with Gasteiger partial charge in [0.05, 0.1) is 11.3 Å². The summed E-state index contributed by atoms with van der Waals surface area (Å²) in [5, 5.41) is 3.03.